The van der Waals surface area contributed by atoms with Crippen LogP contribution < -0.4 is 0 Å². The number of carbonyl (C=O) groups is 2. The monoisotopic (exact) mass is 1120 g/mol. The fourth-order valence-corrected chi connectivity index (χ4v) is 2.55. The van der Waals surface area contributed by atoms with Crippen LogP contribution in [0.25, 0.3) is 0 Å². The minimum atomic E-state index is -7.38. The molecule has 2 atom stereocenters. The van der Waals surface area contributed by atoms with Gasteiger partial charge >= 0.3 is 53.7 Å². The maximum Gasteiger partial charge on any atom is 0.460 e. The molecule has 0 aliphatic rings. The van der Waals surface area contributed by atoms with Gasteiger partial charge in [0.1, 0.15) is 0 Å². The Morgan fingerprint density at radius 2 is 0.921 bits per heavy atom. The number of hydrogen-bond acceptors (Lipinski definition) is 5. The Balaban J connectivity index is -0.00000612. The summed E-state index contributed by atoms with van der Waals surface area (Å²) in [5, 5.41) is 0. The Morgan fingerprint density at radius 3 is 1.18 bits per heavy atom. The van der Waals surface area contributed by atoms with Gasteiger partial charge in [0.2, 0.25) is 0 Å². The predicted molar refractivity (Wildman–Crippen MR) is 89.2 cm³/mol. The number of alkyl halides is 15. The number of thioether (sulfide) groups is 1. The molecular weight excluding hydrogens is 1110 g/mol. The van der Waals surface area contributed by atoms with E-state index in [4.69, 9.17) is 0 Å². The van der Waals surface area contributed by atoms with Crippen molar-refractivity contribution in [2.45, 2.75) is 60.8 Å². The molecule has 0 aliphatic carbocycles. The van der Waals surface area contributed by atoms with Crippen LogP contribution in [0, 0.1) is 13.8 Å². The molecule has 0 bridgehead atoms. The first-order chi connectivity index (χ1) is 15.6. The van der Waals surface area contributed by atoms with Crippen LogP contribution in [0.15, 0.2) is 0 Å². The SMILES string of the molecule is [CH2-]C(CSCC([CH2-])OC(=O)C(F)(F)C(F)(F)C(F)(F)C(F)(F)F)OC(=O)C(F)(F)C(F)(F)C(C)(F)F.[Rf].[Rf]. The largest absolute Gasteiger partial charge is 0.490 e. The Kier molecular flexibility index (Phi) is 11.6. The smallest absolute Gasteiger partial charge is 0.460 e. The van der Waals surface area contributed by atoms with Crippen molar-refractivity contribution in [2.75, 3.05) is 11.5 Å². The molecule has 4 nitrogen and oxygen atoms in total. The fourth-order valence-electron chi connectivity index (χ4n) is 1.76. The molecule has 0 aromatic carbocycles. The van der Waals surface area contributed by atoms with Gasteiger partial charge < -0.3 is 23.3 Å². The van der Waals surface area contributed by atoms with E-state index in [1.807, 2.05) is 0 Å². The van der Waals surface area contributed by atoms with Gasteiger partial charge in [-0.1, -0.05) is 0 Å². The first kappa shape index (κ1) is 38.8. The zero-order valence-corrected chi connectivity index (χ0v) is 32.2. The summed E-state index contributed by atoms with van der Waals surface area (Å²) in [6, 6.07) is 0. The van der Waals surface area contributed by atoms with Crippen molar-refractivity contribution in [3.8, 4) is 0 Å². The van der Waals surface area contributed by atoms with E-state index in [9.17, 15) is 75.4 Å². The third kappa shape index (κ3) is 6.96. The van der Waals surface area contributed by atoms with Gasteiger partial charge in [-0.3, -0.25) is 0 Å². The van der Waals surface area contributed by atoms with Gasteiger partial charge in [-0.25, -0.2) is 9.59 Å². The number of rotatable bonds is 12. The number of esters is 2. The average molecular weight is 1120 g/mol. The van der Waals surface area contributed by atoms with Crippen molar-refractivity contribution < 1.29 is 84.9 Å². The summed E-state index contributed by atoms with van der Waals surface area (Å²) < 4.78 is 200. The zero-order chi connectivity index (χ0) is 29.3. The summed E-state index contributed by atoms with van der Waals surface area (Å²) in [4.78, 5) is 22.3. The molecule has 0 aromatic heterocycles. The van der Waals surface area contributed by atoms with Crippen molar-refractivity contribution in [1.29, 1.82) is 0 Å². The molecule has 0 aromatic rings. The minimum absolute atomic E-state index is 0. The molecule has 218 valence electrons. The van der Waals surface area contributed by atoms with Crippen LogP contribution >= 0.6 is 11.8 Å². The van der Waals surface area contributed by atoms with Gasteiger partial charge in [0, 0.05) is 18.4 Å². The molecule has 0 N–H and O–H groups in total. The first-order valence-electron chi connectivity index (χ1n) is 8.58. The molecule has 0 radical (unpaired) electrons. The van der Waals surface area contributed by atoms with Crippen LogP contribution in [0.4, 0.5) is 65.9 Å². The molecule has 2 unspecified atom stereocenters. The van der Waals surface area contributed by atoms with Crippen LogP contribution in [0.2, 0.25) is 0 Å². The van der Waals surface area contributed by atoms with E-state index in [2.05, 4.69) is 23.3 Å². The van der Waals surface area contributed by atoms with Crippen LogP contribution in [0.5, 0.6) is 0 Å². The molecule has 0 saturated heterocycles. The van der Waals surface area contributed by atoms with Gasteiger partial charge in [-0.15, -0.1) is 0 Å². The van der Waals surface area contributed by atoms with Crippen molar-refractivity contribution in [2.24, 2.45) is 0 Å². The maximum atomic E-state index is 13.4. The summed E-state index contributed by atoms with van der Waals surface area (Å²) in [5.74, 6) is -47.6. The second-order valence-corrected chi connectivity index (χ2v) is 7.93. The van der Waals surface area contributed by atoms with Gasteiger partial charge in [-0.05, 0) is 12.2 Å². The standard InChI is InChI=1S/C16H13F15O4S.2Rf/c1-6(34-8(32)11(19,20)13(23,24)10(3,17)18)4-36-5-7(2)35-9(33)12(21,22)14(25,26)15(27,28)16(29,30)31;;/h6-7H,1-2,4-5H2,3H3;;/q-2;;. The Hall–Kier alpha value is -3.76. The molecule has 0 aliphatic heterocycles. The van der Waals surface area contributed by atoms with E-state index in [0.29, 0.717) is 0 Å². The molecule has 38 heavy (non-hydrogen) atoms. The molecular formula is C16H13F15O4Rf2S-2. The topological polar surface area (TPSA) is 52.6 Å². The van der Waals surface area contributed by atoms with Crippen LogP contribution in [0.1, 0.15) is 6.92 Å². The second kappa shape index (κ2) is 11.3. The minimum Gasteiger partial charge on any atom is -0.490 e. The molecule has 0 spiro atoms. The first-order valence-corrected chi connectivity index (χ1v) is 9.74. The average Bonchev–Trinajstić information content (AvgIpc) is 2.65. The molecule has 0 saturated carbocycles. The van der Waals surface area contributed by atoms with Gasteiger partial charge in [0.15, 0.2) is 0 Å². The zero-order valence-electron chi connectivity index (χ0n) is 18.6. The van der Waals surface area contributed by atoms with Crippen molar-refractivity contribution in [3.05, 3.63) is 13.8 Å². The Morgan fingerprint density at radius 1 is 0.632 bits per heavy atom. The van der Waals surface area contributed by atoms with E-state index in [1.54, 1.807) is 0 Å². The number of carbonyl (C=O) groups excluding carboxylic acids is 2. The van der Waals surface area contributed by atoms with Crippen LogP contribution in [-0.2, 0) is 19.1 Å². The van der Waals surface area contributed by atoms with E-state index in [0.717, 1.165) is 0 Å². The fraction of sp³-hybridized carbons (Fsp3) is 0.750. The van der Waals surface area contributed by atoms with Gasteiger partial charge in [0.05, 0.1) is 0 Å². The van der Waals surface area contributed by atoms with E-state index in [1.165, 1.54) is 0 Å². The quantitative estimate of drug-likeness (QED) is 0.145. The van der Waals surface area contributed by atoms with Gasteiger partial charge in [-0.2, -0.15) is 77.6 Å². The predicted octanol–water partition coefficient (Wildman–Crippen LogP) is 5.61. The number of hydrogen-bond donors (Lipinski definition) is 0. The van der Waals surface area contributed by atoms with Gasteiger partial charge in [0.25, 0.3) is 0 Å². The third-order valence-electron chi connectivity index (χ3n) is 3.76. The maximum absolute atomic E-state index is 13.4. The number of ether oxygens (including phenoxy) is 2. The summed E-state index contributed by atoms with van der Waals surface area (Å²) in [6.07, 6.45) is -11.5. The second-order valence-electron chi connectivity index (χ2n) is 6.85. The normalized spacial score (nSPS) is 15.5. The van der Waals surface area contributed by atoms with E-state index in [-0.39, 0.29) is 11.8 Å². The summed E-state index contributed by atoms with van der Waals surface area (Å²) in [7, 11) is 0. The van der Waals surface area contributed by atoms with Crippen LogP contribution in [0.3, 0.4) is 0 Å². The molecule has 0 fully saturated rings. The molecule has 0 rings (SSSR count). The van der Waals surface area contributed by atoms with Crippen molar-refractivity contribution >= 4 is 23.7 Å². The van der Waals surface area contributed by atoms with Crippen LogP contribution in [-0.4, -0.2) is 77.4 Å². The summed E-state index contributed by atoms with van der Waals surface area (Å²) >= 11 is 0.184. The van der Waals surface area contributed by atoms with Crippen molar-refractivity contribution in [3.63, 3.8) is 0 Å². The Labute approximate surface area is 195 Å². The molecule has 0 amide bonds. The third-order valence-corrected chi connectivity index (χ3v) is 4.97. The molecule has 22 heteroatoms. The summed E-state index contributed by atoms with van der Waals surface area (Å²) in [5.41, 5.74) is 0. The summed E-state index contributed by atoms with van der Waals surface area (Å²) in [6.45, 7) is 4.99. The number of halogens is 15. The van der Waals surface area contributed by atoms with E-state index >= 15 is 0 Å². The van der Waals surface area contributed by atoms with Crippen molar-refractivity contribution in [1.82, 2.24) is 0 Å². The molecule has 0 heterocycles. The Bertz CT molecular complexity index is 803. The van der Waals surface area contributed by atoms with E-state index < -0.39 is 84.3 Å².